The molecular formula is C49H72ClN4O9P. The van der Waals surface area contributed by atoms with Crippen molar-refractivity contribution in [1.29, 1.82) is 0 Å². The Labute approximate surface area is 386 Å². The van der Waals surface area contributed by atoms with E-state index in [9.17, 15) is 9.36 Å². The van der Waals surface area contributed by atoms with Gasteiger partial charge in [-0.25, -0.2) is 14.1 Å². The lowest BCUT2D eigenvalue weighted by atomic mass is 10.0. The molecule has 4 aromatic rings. The first kappa shape index (κ1) is 51.4. The molecule has 1 saturated heterocycles. The van der Waals surface area contributed by atoms with E-state index >= 15 is 0 Å². The minimum absolute atomic E-state index is 0.125. The van der Waals surface area contributed by atoms with Gasteiger partial charge in [-0.05, 0) is 36.2 Å². The van der Waals surface area contributed by atoms with E-state index in [0.29, 0.717) is 30.2 Å². The molecule has 2 aromatic heterocycles. The molecule has 15 heteroatoms. The number of hydrogen-bond acceptors (Lipinski definition) is 12. The summed E-state index contributed by atoms with van der Waals surface area (Å²) >= 11 is 6.46. The monoisotopic (exact) mass is 926 g/mol. The van der Waals surface area contributed by atoms with Crippen molar-refractivity contribution < 1.29 is 41.9 Å². The number of para-hydroxylation sites is 1. The van der Waals surface area contributed by atoms with Crippen molar-refractivity contribution in [2.75, 3.05) is 32.2 Å². The molecule has 5 rings (SSSR count). The quantitative estimate of drug-likeness (QED) is 0.0275. The fourth-order valence-corrected chi connectivity index (χ4v) is 9.17. The van der Waals surface area contributed by atoms with Gasteiger partial charge in [0.05, 0.1) is 49.2 Å². The number of phosphoric ester groups is 1. The summed E-state index contributed by atoms with van der Waals surface area (Å²) in [6, 6.07) is 20.0. The van der Waals surface area contributed by atoms with E-state index in [0.717, 1.165) is 18.4 Å². The number of nitrogens with zero attached hydrogens (tertiary/aromatic N) is 3. The molecule has 1 aliphatic rings. The predicted octanol–water partition coefficient (Wildman–Crippen LogP) is 12.4. The van der Waals surface area contributed by atoms with Crippen LogP contribution < -0.4 is 10.3 Å². The number of hydrogen-bond donors (Lipinski definition) is 1. The van der Waals surface area contributed by atoms with Gasteiger partial charge in [-0.2, -0.15) is 5.10 Å². The van der Waals surface area contributed by atoms with Crippen LogP contribution in [0.25, 0.3) is 5.52 Å². The Bertz CT molecular complexity index is 1970. The normalized spacial score (nSPS) is 17.8. The van der Waals surface area contributed by atoms with Gasteiger partial charge in [0.2, 0.25) is 0 Å². The summed E-state index contributed by atoms with van der Waals surface area (Å²) in [5, 5.41) is 4.59. The maximum absolute atomic E-state index is 14.6. The van der Waals surface area contributed by atoms with Gasteiger partial charge < -0.3 is 29.2 Å². The van der Waals surface area contributed by atoms with E-state index in [2.05, 4.69) is 17.0 Å². The van der Waals surface area contributed by atoms with Crippen LogP contribution in [-0.2, 0) is 44.0 Å². The number of benzene rings is 2. The molecule has 1 fully saturated rings. The summed E-state index contributed by atoms with van der Waals surface area (Å²) in [5.41, 5.74) is 8.27. The number of carbonyl (C=O) groups excluding carboxylic acids is 1. The zero-order valence-electron chi connectivity index (χ0n) is 38.3. The Morgan fingerprint density at radius 1 is 0.844 bits per heavy atom. The number of anilines is 1. The molecule has 0 amide bonds. The average Bonchev–Trinajstić information content (AvgIpc) is 3.91. The average molecular weight is 928 g/mol. The lowest BCUT2D eigenvalue weighted by Gasteiger charge is -2.24. The van der Waals surface area contributed by atoms with E-state index in [1.165, 1.54) is 96.2 Å². The van der Waals surface area contributed by atoms with Crippen LogP contribution in [0.2, 0.25) is 5.02 Å². The molecule has 2 aromatic carbocycles. The SMILES string of the molecule is CCCCCCCCCCCCCCCCCCOC[C@H](COP(=O)(OC[C@@H]1C[C@@H](OC(=O)C(C)C)[C@H](c2ccc3c(N)ncnn23)O1)Oc1ccccc1Cl)OCc1ccccc1. The Morgan fingerprint density at radius 2 is 1.48 bits per heavy atom. The van der Waals surface area contributed by atoms with Gasteiger partial charge in [-0.1, -0.05) is 171 Å². The minimum atomic E-state index is -4.39. The standard InChI is InChI=1S/C49H72ClN4O9P/c1-4-5-6-7-8-9-10-11-12-13-14-15-16-17-18-24-31-57-34-41(58-33-39-25-20-19-21-26-39)36-60-64(56,63-45-28-23-22-27-42(45)50)59-35-40-32-46(62-49(55)38(2)3)47(61-40)43-29-30-44-48(51)52-37-53-54(43)44/h19-23,25-30,37-38,40-41,46-47H,4-18,24,31-36H2,1-3H3,(H2,51,52,53)/t40-,41+,46+,47-,64?/m0/s1. The lowest BCUT2D eigenvalue weighted by Crippen LogP contribution is -2.27. The van der Waals surface area contributed by atoms with Crippen molar-refractivity contribution in [2.45, 2.75) is 161 Å². The van der Waals surface area contributed by atoms with Crippen LogP contribution in [0.15, 0.2) is 73.1 Å². The third-order valence-electron chi connectivity index (χ3n) is 11.4. The number of unbranched alkanes of at least 4 members (excludes halogenated alkanes) is 15. The predicted molar refractivity (Wildman–Crippen MR) is 251 cm³/mol. The van der Waals surface area contributed by atoms with Gasteiger partial charge in [0.15, 0.2) is 5.82 Å². The van der Waals surface area contributed by atoms with Crippen molar-refractivity contribution in [3.8, 4) is 5.75 Å². The smallest absolute Gasteiger partial charge is 0.459 e. The summed E-state index contributed by atoms with van der Waals surface area (Å²) in [6.45, 7) is 6.50. The number of nitrogen functional groups attached to an aromatic ring is 1. The van der Waals surface area contributed by atoms with Crippen molar-refractivity contribution in [1.82, 2.24) is 14.6 Å². The van der Waals surface area contributed by atoms with Gasteiger partial charge >= 0.3 is 13.8 Å². The van der Waals surface area contributed by atoms with Crippen LogP contribution in [0, 0.1) is 5.92 Å². The van der Waals surface area contributed by atoms with Gasteiger partial charge in [0.25, 0.3) is 0 Å². The number of fused-ring (bicyclic) bond motifs is 1. The number of halogens is 1. The highest BCUT2D eigenvalue weighted by Crippen LogP contribution is 2.52. The highest BCUT2D eigenvalue weighted by Gasteiger charge is 2.43. The van der Waals surface area contributed by atoms with Gasteiger partial charge in [0.1, 0.15) is 35.9 Å². The molecule has 0 aliphatic carbocycles. The summed E-state index contributed by atoms with van der Waals surface area (Å²) in [5.74, 6) is -0.336. The maximum Gasteiger partial charge on any atom is 0.530 e. The van der Waals surface area contributed by atoms with E-state index < -0.39 is 32.2 Å². The minimum Gasteiger partial charge on any atom is -0.459 e. The molecule has 1 unspecified atom stereocenters. The number of phosphoric acid groups is 1. The number of carbonyl (C=O) groups is 1. The Morgan fingerprint density at radius 3 is 2.14 bits per heavy atom. The molecule has 0 saturated carbocycles. The molecule has 3 heterocycles. The van der Waals surface area contributed by atoms with Gasteiger partial charge in [-0.15, -0.1) is 0 Å². The van der Waals surface area contributed by atoms with Crippen molar-refractivity contribution >= 4 is 36.7 Å². The van der Waals surface area contributed by atoms with Crippen LogP contribution in [0.3, 0.4) is 0 Å². The van der Waals surface area contributed by atoms with Gasteiger partial charge in [0, 0.05) is 13.0 Å². The second kappa shape index (κ2) is 28.5. The molecule has 354 valence electrons. The number of nitrogens with two attached hydrogens (primary N) is 1. The molecule has 13 nitrogen and oxygen atoms in total. The van der Waals surface area contributed by atoms with E-state index in [1.54, 1.807) is 54.8 Å². The number of aromatic nitrogens is 3. The molecular weight excluding hydrogens is 855 g/mol. The molecule has 64 heavy (non-hydrogen) atoms. The Balaban J connectivity index is 1.13. The second-order valence-electron chi connectivity index (χ2n) is 17.1. The van der Waals surface area contributed by atoms with E-state index in [1.807, 2.05) is 30.3 Å². The van der Waals surface area contributed by atoms with Crippen LogP contribution >= 0.6 is 19.4 Å². The lowest BCUT2D eigenvalue weighted by molar-refractivity contribution is -0.156. The molecule has 1 aliphatic heterocycles. The van der Waals surface area contributed by atoms with Crippen molar-refractivity contribution in [3.63, 3.8) is 0 Å². The summed E-state index contributed by atoms with van der Waals surface area (Å²) < 4.78 is 59.0. The van der Waals surface area contributed by atoms with Crippen molar-refractivity contribution in [3.05, 3.63) is 89.3 Å². The first-order valence-corrected chi connectivity index (χ1v) is 25.5. The Hall–Kier alpha value is -3.55. The highest BCUT2D eigenvalue weighted by atomic mass is 35.5. The number of rotatable bonds is 33. The first-order valence-electron chi connectivity index (χ1n) is 23.7. The molecule has 0 bridgehead atoms. The zero-order valence-corrected chi connectivity index (χ0v) is 39.9. The van der Waals surface area contributed by atoms with E-state index in [-0.39, 0.29) is 48.9 Å². The third-order valence-corrected chi connectivity index (χ3v) is 13.0. The van der Waals surface area contributed by atoms with Crippen LogP contribution in [-0.4, -0.2) is 65.3 Å². The van der Waals surface area contributed by atoms with Crippen LogP contribution in [0.4, 0.5) is 5.82 Å². The highest BCUT2D eigenvalue weighted by molar-refractivity contribution is 7.48. The second-order valence-corrected chi connectivity index (χ2v) is 19.1. The number of ether oxygens (including phenoxy) is 4. The maximum atomic E-state index is 14.6. The molecule has 0 radical (unpaired) electrons. The summed E-state index contributed by atoms with van der Waals surface area (Å²) in [6.07, 6.45) is 19.7. The van der Waals surface area contributed by atoms with Crippen LogP contribution in [0.1, 0.15) is 147 Å². The fourth-order valence-electron chi connectivity index (χ4n) is 7.66. The van der Waals surface area contributed by atoms with Gasteiger partial charge in [-0.3, -0.25) is 13.8 Å². The van der Waals surface area contributed by atoms with Crippen LogP contribution in [0.5, 0.6) is 5.75 Å². The number of esters is 1. The topological polar surface area (TPSA) is 155 Å². The Kier molecular flexibility index (Phi) is 22.9. The molecule has 0 spiro atoms. The third kappa shape index (κ3) is 17.7. The molecule has 5 atom stereocenters. The molecule has 2 N–H and O–H groups in total. The van der Waals surface area contributed by atoms with Crippen molar-refractivity contribution in [2.24, 2.45) is 5.92 Å². The fraction of sp³-hybridized carbons (Fsp3) is 0.612. The summed E-state index contributed by atoms with van der Waals surface area (Å²) in [4.78, 5) is 16.9. The summed E-state index contributed by atoms with van der Waals surface area (Å²) in [7, 11) is -4.39. The van der Waals surface area contributed by atoms with E-state index in [4.69, 9.17) is 49.9 Å². The first-order chi connectivity index (χ1) is 31.2. The largest absolute Gasteiger partial charge is 0.530 e. The zero-order chi connectivity index (χ0) is 45.4.